The van der Waals surface area contributed by atoms with Crippen molar-refractivity contribution >= 4 is 17.6 Å². The fraction of sp³-hybridized carbons (Fsp3) is 0.273. The van der Waals surface area contributed by atoms with Crippen molar-refractivity contribution in [3.05, 3.63) is 77.7 Å². The van der Waals surface area contributed by atoms with Gasteiger partial charge in [-0.05, 0) is 42.7 Å². The molecule has 9 heteroatoms. The molecule has 2 aromatic carbocycles. The molecule has 0 radical (unpaired) electrons. The van der Waals surface area contributed by atoms with Gasteiger partial charge in [0.2, 0.25) is 11.8 Å². The van der Waals surface area contributed by atoms with Crippen molar-refractivity contribution in [1.29, 1.82) is 0 Å². The minimum absolute atomic E-state index is 0.0568. The number of nitrogens with zero attached hydrogens (tertiary/aromatic N) is 3. The number of rotatable bonds is 7. The van der Waals surface area contributed by atoms with Gasteiger partial charge in [-0.3, -0.25) is 4.79 Å². The van der Waals surface area contributed by atoms with E-state index >= 15 is 0 Å². The summed E-state index contributed by atoms with van der Waals surface area (Å²) in [5.74, 6) is 0.368. The van der Waals surface area contributed by atoms with Gasteiger partial charge in [0.25, 0.3) is 0 Å². The van der Waals surface area contributed by atoms with Gasteiger partial charge in [-0.15, -0.1) is 0 Å². The van der Waals surface area contributed by atoms with Crippen molar-refractivity contribution in [3.63, 3.8) is 0 Å². The van der Waals surface area contributed by atoms with Crippen molar-refractivity contribution in [1.82, 2.24) is 20.4 Å². The molecule has 0 saturated carbocycles. The van der Waals surface area contributed by atoms with E-state index in [9.17, 15) is 14.0 Å². The third kappa shape index (κ3) is 5.25. The fourth-order valence-electron chi connectivity index (χ4n) is 3.51. The number of carbonyl (C=O) groups excluding carboxylic acids is 2. The van der Waals surface area contributed by atoms with Crippen molar-refractivity contribution < 1.29 is 18.5 Å². The Bertz CT molecular complexity index is 1040. The Labute approximate surface area is 178 Å². The standard InChI is InChI=1S/C22H22FN5O3/c23-16-6-8-17(9-7-16)25-22(30)24-14-19-26-21(31-27-19)18-10-11-20(29)28(18)13-12-15-4-2-1-3-5-15/h1-9,18H,10-14H2,(H2,24,25,30)/t18-/m0/s1. The third-order valence-corrected chi connectivity index (χ3v) is 5.09. The predicted molar refractivity (Wildman–Crippen MR) is 110 cm³/mol. The molecule has 2 heterocycles. The molecule has 2 N–H and O–H groups in total. The smallest absolute Gasteiger partial charge is 0.319 e. The summed E-state index contributed by atoms with van der Waals surface area (Å²) in [5.41, 5.74) is 1.62. The van der Waals surface area contributed by atoms with Gasteiger partial charge in [-0.2, -0.15) is 4.98 Å². The quantitative estimate of drug-likeness (QED) is 0.606. The second-order valence-electron chi connectivity index (χ2n) is 7.24. The zero-order valence-corrected chi connectivity index (χ0v) is 16.8. The molecule has 1 aromatic heterocycles. The molecule has 1 aliphatic rings. The molecule has 1 fully saturated rings. The van der Waals surface area contributed by atoms with Crippen molar-refractivity contribution in [2.45, 2.75) is 31.8 Å². The molecule has 3 aromatic rings. The maximum absolute atomic E-state index is 12.9. The summed E-state index contributed by atoms with van der Waals surface area (Å²) in [7, 11) is 0. The highest BCUT2D eigenvalue weighted by atomic mass is 19.1. The zero-order chi connectivity index (χ0) is 21.6. The lowest BCUT2D eigenvalue weighted by Crippen LogP contribution is -2.30. The van der Waals surface area contributed by atoms with Crippen LogP contribution < -0.4 is 10.6 Å². The molecular formula is C22H22FN5O3. The van der Waals surface area contributed by atoms with Crippen molar-refractivity contribution in [2.75, 3.05) is 11.9 Å². The highest BCUT2D eigenvalue weighted by Crippen LogP contribution is 2.31. The Morgan fingerprint density at radius 3 is 2.71 bits per heavy atom. The van der Waals surface area contributed by atoms with Crippen molar-refractivity contribution in [2.24, 2.45) is 0 Å². The van der Waals surface area contributed by atoms with Crippen molar-refractivity contribution in [3.8, 4) is 0 Å². The van der Waals surface area contributed by atoms with Gasteiger partial charge in [0, 0.05) is 18.7 Å². The van der Waals surface area contributed by atoms with Crippen LogP contribution in [0.15, 0.2) is 59.1 Å². The maximum atomic E-state index is 12.9. The molecule has 1 atom stereocenters. The number of halogens is 1. The molecule has 1 saturated heterocycles. The van der Waals surface area contributed by atoms with E-state index in [1.165, 1.54) is 24.3 Å². The topological polar surface area (TPSA) is 100 Å². The molecule has 0 aliphatic carbocycles. The van der Waals surface area contributed by atoms with Gasteiger partial charge in [-0.1, -0.05) is 35.5 Å². The van der Waals surface area contributed by atoms with E-state index in [1.807, 2.05) is 30.3 Å². The molecule has 4 rings (SSSR count). The highest BCUT2D eigenvalue weighted by Gasteiger charge is 2.35. The summed E-state index contributed by atoms with van der Waals surface area (Å²) in [6, 6.07) is 14.7. The summed E-state index contributed by atoms with van der Waals surface area (Å²) in [5, 5.41) is 9.13. The Morgan fingerprint density at radius 2 is 1.94 bits per heavy atom. The number of benzene rings is 2. The molecule has 8 nitrogen and oxygen atoms in total. The summed E-state index contributed by atoms with van der Waals surface area (Å²) in [4.78, 5) is 30.5. The molecular weight excluding hydrogens is 401 g/mol. The van der Waals surface area contributed by atoms with E-state index in [4.69, 9.17) is 4.52 Å². The Balaban J connectivity index is 1.32. The molecule has 31 heavy (non-hydrogen) atoms. The number of urea groups is 1. The van der Waals surface area contributed by atoms with Crippen LogP contribution in [0.4, 0.5) is 14.9 Å². The zero-order valence-electron chi connectivity index (χ0n) is 16.8. The van der Waals surface area contributed by atoms with Crippen LogP contribution in [0.3, 0.4) is 0 Å². The van der Waals surface area contributed by atoms with E-state index in [-0.39, 0.29) is 24.3 Å². The van der Waals surface area contributed by atoms with Gasteiger partial charge in [0.05, 0.1) is 6.54 Å². The van der Waals surface area contributed by atoms with Gasteiger partial charge < -0.3 is 20.1 Å². The van der Waals surface area contributed by atoms with Crippen LogP contribution in [0.25, 0.3) is 0 Å². The largest absolute Gasteiger partial charge is 0.337 e. The number of anilines is 1. The summed E-state index contributed by atoms with van der Waals surface area (Å²) < 4.78 is 18.3. The van der Waals surface area contributed by atoms with Crippen LogP contribution in [0.1, 0.15) is 36.2 Å². The number of nitrogens with one attached hydrogen (secondary N) is 2. The Kier molecular flexibility index (Phi) is 6.21. The van der Waals surface area contributed by atoms with E-state index in [0.717, 1.165) is 12.0 Å². The van der Waals surface area contributed by atoms with Crippen LogP contribution in [0.2, 0.25) is 0 Å². The first kappa shape index (κ1) is 20.5. The lowest BCUT2D eigenvalue weighted by Gasteiger charge is -2.21. The van der Waals surface area contributed by atoms with Crippen LogP contribution in [-0.2, 0) is 17.8 Å². The molecule has 1 aliphatic heterocycles. The van der Waals surface area contributed by atoms with Gasteiger partial charge in [0.15, 0.2) is 5.82 Å². The van der Waals surface area contributed by atoms with Crippen LogP contribution in [0.5, 0.6) is 0 Å². The summed E-state index contributed by atoms with van der Waals surface area (Å²) in [6.07, 6.45) is 1.80. The molecule has 0 bridgehead atoms. The molecule has 0 unspecified atom stereocenters. The minimum atomic E-state index is -0.474. The van der Waals surface area contributed by atoms with E-state index in [0.29, 0.717) is 36.8 Å². The second kappa shape index (κ2) is 9.38. The summed E-state index contributed by atoms with van der Waals surface area (Å²) >= 11 is 0. The number of likely N-dealkylation sites (tertiary alicyclic amines) is 1. The number of hydrogen-bond donors (Lipinski definition) is 2. The van der Waals surface area contributed by atoms with Gasteiger partial charge in [-0.25, -0.2) is 9.18 Å². The summed E-state index contributed by atoms with van der Waals surface area (Å²) in [6.45, 7) is 0.630. The monoisotopic (exact) mass is 423 g/mol. The number of hydrogen-bond acceptors (Lipinski definition) is 5. The lowest BCUT2D eigenvalue weighted by molar-refractivity contribution is -0.129. The Hall–Kier alpha value is -3.75. The van der Waals surface area contributed by atoms with Crippen LogP contribution in [-0.4, -0.2) is 33.5 Å². The molecule has 3 amide bonds. The average Bonchev–Trinajstić information content (AvgIpc) is 3.39. The maximum Gasteiger partial charge on any atom is 0.319 e. The second-order valence-corrected chi connectivity index (χ2v) is 7.24. The van der Waals surface area contributed by atoms with Gasteiger partial charge in [0.1, 0.15) is 11.9 Å². The predicted octanol–water partition coefficient (Wildman–Crippen LogP) is 3.44. The highest BCUT2D eigenvalue weighted by molar-refractivity contribution is 5.89. The van der Waals surface area contributed by atoms with Gasteiger partial charge >= 0.3 is 6.03 Å². The van der Waals surface area contributed by atoms with E-state index in [1.54, 1.807) is 4.90 Å². The van der Waals surface area contributed by atoms with Crippen LogP contribution in [0, 0.1) is 5.82 Å². The number of amides is 3. The minimum Gasteiger partial charge on any atom is -0.337 e. The first-order valence-electron chi connectivity index (χ1n) is 10.0. The third-order valence-electron chi connectivity index (χ3n) is 5.09. The fourth-order valence-corrected chi connectivity index (χ4v) is 3.51. The average molecular weight is 423 g/mol. The van der Waals surface area contributed by atoms with Crippen LogP contribution >= 0.6 is 0 Å². The Morgan fingerprint density at radius 1 is 1.16 bits per heavy atom. The first-order valence-corrected chi connectivity index (χ1v) is 10.0. The van der Waals surface area contributed by atoms with E-state index < -0.39 is 6.03 Å². The molecule has 160 valence electrons. The molecule has 0 spiro atoms. The number of carbonyl (C=O) groups is 2. The first-order chi connectivity index (χ1) is 15.1. The normalized spacial score (nSPS) is 15.8. The number of aromatic nitrogens is 2. The van der Waals surface area contributed by atoms with E-state index in [2.05, 4.69) is 20.8 Å². The lowest BCUT2D eigenvalue weighted by atomic mass is 10.1. The SMILES string of the molecule is O=C(NCc1noc([C@@H]2CCC(=O)N2CCc2ccccc2)n1)Nc1ccc(F)cc1.